The van der Waals surface area contributed by atoms with E-state index in [1.807, 2.05) is 6.07 Å². The molecule has 0 saturated heterocycles. The van der Waals surface area contributed by atoms with Crippen molar-refractivity contribution < 1.29 is 14.7 Å². The van der Waals surface area contributed by atoms with Crippen LogP contribution >= 0.6 is 0 Å². The first-order valence-corrected chi connectivity index (χ1v) is 6.06. The summed E-state index contributed by atoms with van der Waals surface area (Å²) in [7, 11) is 1.68. The lowest BCUT2D eigenvalue weighted by Gasteiger charge is -2.32. The minimum atomic E-state index is -1.28. The topological polar surface area (TPSA) is 88.3 Å². The number of carbonyl (C=O) groups is 2. The number of aryl methyl sites for hydroxylation is 1. The zero-order valence-corrected chi connectivity index (χ0v) is 10.7. The van der Waals surface area contributed by atoms with E-state index < -0.39 is 12.0 Å². The summed E-state index contributed by atoms with van der Waals surface area (Å²) in [4.78, 5) is 29.0. The molecule has 0 aliphatic carbocycles. The summed E-state index contributed by atoms with van der Waals surface area (Å²) in [5.74, 6) is -1.36. The molecule has 1 unspecified atom stereocenters. The van der Waals surface area contributed by atoms with Crippen molar-refractivity contribution in [2.75, 3.05) is 4.90 Å². The van der Waals surface area contributed by atoms with E-state index >= 15 is 0 Å². The average Bonchev–Trinajstić information content (AvgIpc) is 2.83. The largest absolute Gasteiger partial charge is 0.479 e. The number of hydrogen-bond acceptors (Lipinski definition) is 5. The van der Waals surface area contributed by atoms with Gasteiger partial charge in [-0.2, -0.15) is 0 Å². The minimum Gasteiger partial charge on any atom is -0.479 e. The third kappa shape index (κ3) is 1.83. The highest BCUT2D eigenvalue weighted by Gasteiger charge is 2.40. The van der Waals surface area contributed by atoms with Crippen LogP contribution in [-0.2, 0) is 23.1 Å². The van der Waals surface area contributed by atoms with Gasteiger partial charge in [0.15, 0.2) is 11.8 Å². The molecule has 102 valence electrons. The Labute approximate surface area is 114 Å². The smallest absolute Gasteiger partial charge is 0.334 e. The molecule has 2 heterocycles. The standard InChI is InChI=1S/C13H12N4O3/c1-16-7-14-13(15-16)17-9-5-3-2-4-8(9)6-10(18)11(17)12(19)20/h2-5,7,11H,6H2,1H3,(H,19,20). The summed E-state index contributed by atoms with van der Waals surface area (Å²) in [6, 6.07) is 5.91. The summed E-state index contributed by atoms with van der Waals surface area (Å²) in [6.07, 6.45) is 1.58. The van der Waals surface area contributed by atoms with Gasteiger partial charge in [-0.3, -0.25) is 14.4 Å². The minimum absolute atomic E-state index is 0.108. The Balaban J connectivity index is 2.19. The normalized spacial score (nSPS) is 17.9. The molecule has 0 fully saturated rings. The van der Waals surface area contributed by atoms with Crippen LogP contribution in [-0.4, -0.2) is 37.7 Å². The highest BCUT2D eigenvalue weighted by molar-refractivity contribution is 6.09. The van der Waals surface area contributed by atoms with Gasteiger partial charge in [0.05, 0.1) is 0 Å². The number of aliphatic carboxylic acids is 1. The van der Waals surface area contributed by atoms with Gasteiger partial charge < -0.3 is 5.11 Å². The summed E-state index contributed by atoms with van der Waals surface area (Å²) in [5, 5.41) is 13.5. The van der Waals surface area contributed by atoms with Gasteiger partial charge in [0, 0.05) is 19.2 Å². The lowest BCUT2D eigenvalue weighted by molar-refractivity contribution is -0.142. The number of carbonyl (C=O) groups excluding carboxylic acids is 1. The van der Waals surface area contributed by atoms with Crippen LogP contribution < -0.4 is 4.90 Å². The van der Waals surface area contributed by atoms with Crippen molar-refractivity contribution in [3.8, 4) is 0 Å². The summed E-state index contributed by atoms with van der Waals surface area (Å²) in [6.45, 7) is 0. The molecule has 1 aliphatic rings. The molecule has 1 N–H and O–H groups in total. The number of Topliss-reactive ketones (excluding diaryl/α,β-unsaturated/α-hetero) is 1. The Hall–Kier alpha value is -2.70. The number of ketones is 1. The molecule has 1 aromatic heterocycles. The molecular weight excluding hydrogens is 260 g/mol. The van der Waals surface area contributed by atoms with E-state index in [2.05, 4.69) is 10.1 Å². The van der Waals surface area contributed by atoms with Crippen LogP contribution in [0.25, 0.3) is 0 Å². The molecule has 0 bridgehead atoms. The lowest BCUT2D eigenvalue weighted by Crippen LogP contribution is -2.48. The van der Waals surface area contributed by atoms with Crippen molar-refractivity contribution in [1.82, 2.24) is 14.8 Å². The molecule has 2 aromatic rings. The number of carboxylic acid groups (broad SMARTS) is 1. The molecule has 1 atom stereocenters. The zero-order chi connectivity index (χ0) is 14.3. The molecule has 0 radical (unpaired) electrons. The van der Waals surface area contributed by atoms with E-state index in [1.165, 1.54) is 15.9 Å². The lowest BCUT2D eigenvalue weighted by atomic mass is 9.95. The van der Waals surface area contributed by atoms with Crippen LogP contribution in [0.5, 0.6) is 0 Å². The van der Waals surface area contributed by atoms with Crippen LogP contribution in [0.4, 0.5) is 11.6 Å². The van der Waals surface area contributed by atoms with Crippen molar-refractivity contribution in [3.05, 3.63) is 36.2 Å². The maximum Gasteiger partial charge on any atom is 0.334 e. The maximum atomic E-state index is 12.1. The van der Waals surface area contributed by atoms with E-state index in [-0.39, 0.29) is 18.2 Å². The van der Waals surface area contributed by atoms with Gasteiger partial charge in [-0.05, 0) is 11.6 Å². The molecular formula is C13H12N4O3. The molecule has 1 aliphatic heterocycles. The number of nitrogens with zero attached hydrogens (tertiary/aromatic N) is 4. The molecule has 0 saturated carbocycles. The number of carboxylic acids is 1. The molecule has 7 heteroatoms. The summed E-state index contributed by atoms with van der Waals surface area (Å²) >= 11 is 0. The third-order valence-corrected chi connectivity index (χ3v) is 3.22. The van der Waals surface area contributed by atoms with Crippen molar-refractivity contribution in [2.45, 2.75) is 12.5 Å². The van der Waals surface area contributed by atoms with Gasteiger partial charge >= 0.3 is 5.97 Å². The Morgan fingerprint density at radius 2 is 2.15 bits per heavy atom. The first-order chi connectivity index (χ1) is 9.58. The van der Waals surface area contributed by atoms with Crippen LogP contribution in [0, 0.1) is 0 Å². The van der Waals surface area contributed by atoms with Gasteiger partial charge in [0.25, 0.3) is 0 Å². The molecule has 3 rings (SSSR count). The Bertz CT molecular complexity index is 694. The number of hydrogen-bond donors (Lipinski definition) is 1. The van der Waals surface area contributed by atoms with Gasteiger partial charge in [-0.1, -0.05) is 18.2 Å². The van der Waals surface area contributed by atoms with Gasteiger partial charge in [-0.15, -0.1) is 5.10 Å². The number of benzene rings is 1. The van der Waals surface area contributed by atoms with E-state index in [0.717, 1.165) is 5.56 Å². The molecule has 0 spiro atoms. The van der Waals surface area contributed by atoms with E-state index in [0.29, 0.717) is 5.69 Å². The fraction of sp³-hybridized carbons (Fsp3) is 0.231. The number of rotatable bonds is 2. The fourth-order valence-electron chi connectivity index (χ4n) is 2.37. The monoisotopic (exact) mass is 272 g/mol. The Morgan fingerprint density at radius 3 is 2.80 bits per heavy atom. The van der Waals surface area contributed by atoms with Crippen molar-refractivity contribution >= 4 is 23.4 Å². The van der Waals surface area contributed by atoms with Crippen LogP contribution in [0.2, 0.25) is 0 Å². The molecule has 20 heavy (non-hydrogen) atoms. The van der Waals surface area contributed by atoms with Crippen LogP contribution in [0.1, 0.15) is 5.56 Å². The highest BCUT2D eigenvalue weighted by atomic mass is 16.4. The molecule has 1 aromatic carbocycles. The SMILES string of the molecule is Cn1cnc(N2c3ccccc3CC(=O)C2C(=O)O)n1. The Kier molecular flexibility index (Phi) is 2.74. The van der Waals surface area contributed by atoms with Gasteiger partial charge in [0.2, 0.25) is 5.95 Å². The maximum absolute atomic E-state index is 12.1. The van der Waals surface area contributed by atoms with Gasteiger partial charge in [-0.25, -0.2) is 9.78 Å². The number of anilines is 2. The van der Waals surface area contributed by atoms with Gasteiger partial charge in [0.1, 0.15) is 6.33 Å². The second-order valence-corrected chi connectivity index (χ2v) is 4.60. The van der Waals surface area contributed by atoms with Crippen LogP contribution in [0.3, 0.4) is 0 Å². The number of para-hydroxylation sites is 1. The molecule has 7 nitrogen and oxygen atoms in total. The number of aromatic nitrogens is 3. The van der Waals surface area contributed by atoms with E-state index in [4.69, 9.17) is 0 Å². The van der Waals surface area contributed by atoms with E-state index in [9.17, 15) is 14.7 Å². The van der Waals surface area contributed by atoms with Crippen molar-refractivity contribution in [1.29, 1.82) is 0 Å². The first kappa shape index (κ1) is 12.3. The van der Waals surface area contributed by atoms with Crippen molar-refractivity contribution in [3.63, 3.8) is 0 Å². The first-order valence-electron chi connectivity index (χ1n) is 6.06. The fourth-order valence-corrected chi connectivity index (χ4v) is 2.37. The Morgan fingerprint density at radius 1 is 1.40 bits per heavy atom. The number of fused-ring (bicyclic) bond motifs is 1. The summed E-state index contributed by atoms with van der Waals surface area (Å²) in [5.41, 5.74) is 1.44. The second-order valence-electron chi connectivity index (χ2n) is 4.60. The van der Waals surface area contributed by atoms with Crippen molar-refractivity contribution in [2.24, 2.45) is 7.05 Å². The predicted octanol–water partition coefficient (Wildman–Crippen LogP) is 0.532. The second kappa shape index (κ2) is 4.44. The highest BCUT2D eigenvalue weighted by Crippen LogP contribution is 2.33. The third-order valence-electron chi connectivity index (χ3n) is 3.22. The summed E-state index contributed by atoms with van der Waals surface area (Å²) < 4.78 is 1.47. The predicted molar refractivity (Wildman–Crippen MR) is 69.7 cm³/mol. The van der Waals surface area contributed by atoms with E-state index in [1.54, 1.807) is 25.2 Å². The molecule has 0 amide bonds. The van der Waals surface area contributed by atoms with Crippen LogP contribution in [0.15, 0.2) is 30.6 Å². The quantitative estimate of drug-likeness (QED) is 0.802. The average molecular weight is 272 g/mol. The zero-order valence-electron chi connectivity index (χ0n) is 10.7.